The van der Waals surface area contributed by atoms with Crippen LogP contribution >= 0.6 is 0 Å². The first-order chi connectivity index (χ1) is 14.1. The molecule has 0 bridgehead atoms. The lowest BCUT2D eigenvalue weighted by Gasteiger charge is -2.03. The maximum absolute atomic E-state index is 13.7. The van der Waals surface area contributed by atoms with E-state index in [9.17, 15) is 9.18 Å². The monoisotopic (exact) mass is 389 g/mol. The van der Waals surface area contributed by atoms with Crippen LogP contribution in [0.5, 0.6) is 0 Å². The molecule has 9 heteroatoms. The second-order valence-electron chi connectivity index (χ2n) is 6.14. The minimum atomic E-state index is -0.662. The van der Waals surface area contributed by atoms with Gasteiger partial charge in [0.15, 0.2) is 0 Å². The number of nitrogens with one attached hydrogen (secondary N) is 2. The van der Waals surface area contributed by atoms with Crippen molar-refractivity contribution in [2.24, 2.45) is 5.73 Å². The number of aromatic nitrogens is 5. The van der Waals surface area contributed by atoms with E-state index in [0.29, 0.717) is 34.3 Å². The molecule has 0 fully saturated rings. The number of primary amides is 1. The van der Waals surface area contributed by atoms with Crippen LogP contribution in [0.2, 0.25) is 0 Å². The van der Waals surface area contributed by atoms with Crippen LogP contribution in [0.1, 0.15) is 16.3 Å². The van der Waals surface area contributed by atoms with Gasteiger partial charge in [-0.2, -0.15) is 0 Å². The largest absolute Gasteiger partial charge is 0.364 e. The van der Waals surface area contributed by atoms with Crippen molar-refractivity contribution in [1.29, 1.82) is 0 Å². The third-order valence-corrected chi connectivity index (χ3v) is 4.10. The lowest BCUT2D eigenvalue weighted by atomic mass is 10.1. The molecule has 0 atom stereocenters. The number of carbonyl (C=O) groups excluding carboxylic acids is 1. The molecule has 3 heterocycles. The number of aromatic amines is 1. The number of amides is 1. The Hall–Kier alpha value is -4.14. The van der Waals surface area contributed by atoms with Gasteiger partial charge in [0.25, 0.3) is 5.91 Å². The SMILES string of the molecule is NC(=O)c1cncc(NCc2nc(-c3cccc(F)c3)c(-c3ccccn3)[nH]2)n1. The average Bonchev–Trinajstić information content (AvgIpc) is 3.17. The zero-order valence-corrected chi connectivity index (χ0v) is 15.1. The summed E-state index contributed by atoms with van der Waals surface area (Å²) in [6.45, 7) is 0.270. The fourth-order valence-electron chi connectivity index (χ4n) is 2.79. The van der Waals surface area contributed by atoms with E-state index in [4.69, 9.17) is 5.73 Å². The lowest BCUT2D eigenvalue weighted by molar-refractivity contribution is 0.0995. The van der Waals surface area contributed by atoms with Gasteiger partial charge >= 0.3 is 0 Å². The van der Waals surface area contributed by atoms with E-state index in [0.717, 1.165) is 0 Å². The van der Waals surface area contributed by atoms with Crippen LogP contribution in [-0.4, -0.2) is 30.8 Å². The number of rotatable bonds is 6. The van der Waals surface area contributed by atoms with Crippen molar-refractivity contribution in [2.45, 2.75) is 6.54 Å². The van der Waals surface area contributed by atoms with Crippen LogP contribution in [0.15, 0.2) is 61.1 Å². The Morgan fingerprint density at radius 3 is 2.79 bits per heavy atom. The smallest absolute Gasteiger partial charge is 0.268 e. The number of hydrogen-bond acceptors (Lipinski definition) is 6. The van der Waals surface area contributed by atoms with Crippen LogP contribution in [-0.2, 0) is 6.54 Å². The van der Waals surface area contributed by atoms with E-state index in [1.165, 1.54) is 24.5 Å². The second kappa shape index (κ2) is 7.85. The number of carbonyl (C=O) groups is 1. The molecule has 0 spiro atoms. The molecule has 1 amide bonds. The summed E-state index contributed by atoms with van der Waals surface area (Å²) in [6.07, 6.45) is 4.44. The Morgan fingerprint density at radius 2 is 2.03 bits per heavy atom. The van der Waals surface area contributed by atoms with Gasteiger partial charge < -0.3 is 16.0 Å². The van der Waals surface area contributed by atoms with Gasteiger partial charge in [-0.1, -0.05) is 18.2 Å². The minimum Gasteiger partial charge on any atom is -0.364 e. The van der Waals surface area contributed by atoms with Crippen molar-refractivity contribution in [2.75, 3.05) is 5.32 Å². The zero-order valence-electron chi connectivity index (χ0n) is 15.1. The molecule has 4 aromatic rings. The van der Waals surface area contributed by atoms with Crippen molar-refractivity contribution >= 4 is 11.7 Å². The standard InChI is InChI=1S/C20H16FN7O/c21-13-5-3-4-12(8-13)18-19(14-6-1-2-7-24-14)28-17(27-18)11-25-16-10-23-9-15(26-16)20(22)29/h1-10H,11H2,(H2,22,29)(H,25,26)(H,27,28). The summed E-state index contributed by atoms with van der Waals surface area (Å²) < 4.78 is 13.7. The van der Waals surface area contributed by atoms with E-state index in [1.807, 2.05) is 18.2 Å². The normalized spacial score (nSPS) is 10.7. The maximum atomic E-state index is 13.7. The molecule has 3 aromatic heterocycles. The summed E-state index contributed by atoms with van der Waals surface area (Å²) in [5, 5.41) is 3.04. The van der Waals surface area contributed by atoms with Crippen molar-refractivity contribution < 1.29 is 9.18 Å². The van der Waals surface area contributed by atoms with Gasteiger partial charge in [0.05, 0.1) is 36.0 Å². The summed E-state index contributed by atoms with van der Waals surface area (Å²) in [5.74, 6) is -0.0544. The number of imidazole rings is 1. The number of benzene rings is 1. The Kier molecular flexibility index (Phi) is 4.93. The quantitative estimate of drug-likeness (QED) is 0.466. The number of hydrogen-bond donors (Lipinski definition) is 3. The summed E-state index contributed by atoms with van der Waals surface area (Å²) in [7, 11) is 0. The van der Waals surface area contributed by atoms with Crippen molar-refractivity contribution in [3.8, 4) is 22.6 Å². The molecular weight excluding hydrogens is 373 g/mol. The van der Waals surface area contributed by atoms with E-state index in [1.54, 1.807) is 18.3 Å². The predicted octanol–water partition coefficient (Wildman–Crippen LogP) is 2.78. The molecule has 0 aliphatic heterocycles. The molecule has 29 heavy (non-hydrogen) atoms. The van der Waals surface area contributed by atoms with Crippen LogP contribution in [0.3, 0.4) is 0 Å². The first kappa shape index (κ1) is 18.2. The van der Waals surface area contributed by atoms with Gasteiger partial charge in [-0.05, 0) is 24.3 Å². The van der Waals surface area contributed by atoms with Gasteiger partial charge in [0.2, 0.25) is 0 Å². The highest BCUT2D eigenvalue weighted by Gasteiger charge is 2.16. The van der Waals surface area contributed by atoms with Gasteiger partial charge in [0, 0.05) is 11.8 Å². The molecule has 4 rings (SSSR count). The zero-order chi connectivity index (χ0) is 20.2. The van der Waals surface area contributed by atoms with Gasteiger partial charge in [-0.25, -0.2) is 14.4 Å². The van der Waals surface area contributed by atoms with Crippen LogP contribution in [0.4, 0.5) is 10.2 Å². The molecule has 1 aromatic carbocycles. The highest BCUT2D eigenvalue weighted by molar-refractivity contribution is 5.90. The predicted molar refractivity (Wildman–Crippen MR) is 105 cm³/mol. The number of pyridine rings is 1. The Balaban J connectivity index is 1.66. The molecule has 0 aliphatic carbocycles. The summed E-state index contributed by atoms with van der Waals surface area (Å²) in [5.41, 5.74) is 7.85. The molecule has 144 valence electrons. The lowest BCUT2D eigenvalue weighted by Crippen LogP contribution is -2.14. The topological polar surface area (TPSA) is 122 Å². The van der Waals surface area contributed by atoms with Crippen LogP contribution in [0, 0.1) is 5.82 Å². The molecule has 0 saturated carbocycles. The molecule has 4 N–H and O–H groups in total. The third kappa shape index (κ3) is 4.08. The van der Waals surface area contributed by atoms with Crippen molar-refractivity contribution in [3.63, 3.8) is 0 Å². The van der Waals surface area contributed by atoms with Crippen molar-refractivity contribution in [1.82, 2.24) is 24.9 Å². The first-order valence-electron chi connectivity index (χ1n) is 8.72. The molecule has 0 unspecified atom stereocenters. The summed E-state index contributed by atoms with van der Waals surface area (Å²) in [4.78, 5) is 31.5. The van der Waals surface area contributed by atoms with E-state index < -0.39 is 5.91 Å². The van der Waals surface area contributed by atoms with Crippen LogP contribution < -0.4 is 11.1 Å². The molecular formula is C20H16FN7O. The molecule has 0 saturated heterocycles. The Morgan fingerprint density at radius 1 is 1.14 bits per heavy atom. The van der Waals surface area contributed by atoms with E-state index >= 15 is 0 Å². The average molecular weight is 389 g/mol. The molecule has 8 nitrogen and oxygen atoms in total. The first-order valence-corrected chi connectivity index (χ1v) is 8.72. The Bertz CT molecular complexity index is 1160. The number of anilines is 1. The van der Waals surface area contributed by atoms with Crippen molar-refractivity contribution in [3.05, 3.63) is 78.4 Å². The van der Waals surface area contributed by atoms with Gasteiger partial charge in [-0.15, -0.1) is 0 Å². The summed E-state index contributed by atoms with van der Waals surface area (Å²) in [6, 6.07) is 11.7. The highest BCUT2D eigenvalue weighted by Crippen LogP contribution is 2.29. The number of nitrogens with zero attached hydrogens (tertiary/aromatic N) is 4. The number of halogens is 1. The third-order valence-electron chi connectivity index (χ3n) is 4.10. The van der Waals surface area contributed by atoms with Gasteiger partial charge in [0.1, 0.15) is 23.2 Å². The van der Waals surface area contributed by atoms with E-state index in [2.05, 4.69) is 30.2 Å². The number of nitrogens with two attached hydrogens (primary N) is 1. The fourth-order valence-corrected chi connectivity index (χ4v) is 2.79. The fraction of sp³-hybridized carbons (Fsp3) is 0.0500. The maximum Gasteiger partial charge on any atom is 0.268 e. The highest BCUT2D eigenvalue weighted by atomic mass is 19.1. The van der Waals surface area contributed by atoms with Gasteiger partial charge in [-0.3, -0.25) is 14.8 Å². The molecule has 0 aliphatic rings. The molecule has 0 radical (unpaired) electrons. The van der Waals surface area contributed by atoms with Crippen LogP contribution in [0.25, 0.3) is 22.6 Å². The van der Waals surface area contributed by atoms with E-state index in [-0.39, 0.29) is 18.1 Å². The summed E-state index contributed by atoms with van der Waals surface area (Å²) >= 11 is 0. The Labute approximate surface area is 165 Å². The second-order valence-corrected chi connectivity index (χ2v) is 6.14. The minimum absolute atomic E-state index is 0.0593. The number of H-pyrrole nitrogens is 1.